The van der Waals surface area contributed by atoms with Gasteiger partial charge in [0.15, 0.2) is 11.6 Å². The van der Waals surface area contributed by atoms with Crippen molar-refractivity contribution in [1.82, 2.24) is 10.0 Å². The molecule has 11 heteroatoms. The number of halogens is 5. The summed E-state index contributed by atoms with van der Waals surface area (Å²) in [4.78, 5) is 26.4. The van der Waals surface area contributed by atoms with Crippen LogP contribution in [-0.2, 0) is 16.1 Å². The van der Waals surface area contributed by atoms with Gasteiger partial charge in [-0.3, -0.25) is 14.6 Å². The normalized spacial score (nSPS) is 20.9. The van der Waals surface area contributed by atoms with E-state index in [1.165, 1.54) is 24.3 Å². The SMILES string of the molecule is CC12CCCN1N(Cc1ccc(I)c(F)c1F)C(=O)C(C(=O)Nc1ccc(Br)c(F)c1)=C2O. The lowest BCUT2D eigenvalue weighted by molar-refractivity contribution is -0.160. The second kappa shape index (κ2) is 8.91. The number of nitrogens with one attached hydrogen (secondary N) is 1. The fraction of sp³-hybridized carbons (Fsp3) is 0.273. The first-order chi connectivity index (χ1) is 15.5. The lowest BCUT2D eigenvalue weighted by Crippen LogP contribution is -2.60. The fourth-order valence-corrected chi connectivity index (χ4v) is 4.83. The maximum Gasteiger partial charge on any atom is 0.277 e. The number of aliphatic hydroxyl groups is 1. The minimum Gasteiger partial charge on any atom is -0.509 e. The third-order valence-electron chi connectivity index (χ3n) is 5.93. The van der Waals surface area contributed by atoms with Crippen molar-refractivity contribution in [2.45, 2.75) is 31.8 Å². The van der Waals surface area contributed by atoms with Crippen LogP contribution in [0.5, 0.6) is 0 Å². The summed E-state index contributed by atoms with van der Waals surface area (Å²) in [5.41, 5.74) is -1.58. The average molecular weight is 636 g/mol. The largest absolute Gasteiger partial charge is 0.509 e. The van der Waals surface area contributed by atoms with E-state index in [1.807, 2.05) is 0 Å². The van der Waals surface area contributed by atoms with Crippen molar-refractivity contribution in [3.8, 4) is 0 Å². The third kappa shape index (κ3) is 4.14. The van der Waals surface area contributed by atoms with Gasteiger partial charge in [-0.2, -0.15) is 0 Å². The molecule has 33 heavy (non-hydrogen) atoms. The number of benzene rings is 2. The molecule has 0 aromatic heterocycles. The molecular formula is C22H18BrF3IN3O3. The van der Waals surface area contributed by atoms with Crippen molar-refractivity contribution >= 4 is 56.0 Å². The molecule has 2 aliphatic heterocycles. The molecule has 2 aliphatic rings. The second-order valence-corrected chi connectivity index (χ2v) is 10.0. The molecular weight excluding hydrogens is 618 g/mol. The zero-order valence-electron chi connectivity index (χ0n) is 17.3. The molecule has 2 amide bonds. The molecule has 2 aromatic rings. The lowest BCUT2D eigenvalue weighted by atomic mass is 9.90. The van der Waals surface area contributed by atoms with Gasteiger partial charge in [0.1, 0.15) is 17.1 Å². The van der Waals surface area contributed by atoms with E-state index in [9.17, 15) is 27.9 Å². The summed E-state index contributed by atoms with van der Waals surface area (Å²) in [5, 5.41) is 16.1. The average Bonchev–Trinajstić information content (AvgIpc) is 3.17. The molecule has 6 nitrogen and oxygen atoms in total. The van der Waals surface area contributed by atoms with E-state index >= 15 is 0 Å². The number of hydrogen-bond acceptors (Lipinski definition) is 4. The monoisotopic (exact) mass is 635 g/mol. The van der Waals surface area contributed by atoms with Gasteiger partial charge in [0.2, 0.25) is 0 Å². The number of carbonyl (C=O) groups excluding carboxylic acids is 2. The van der Waals surface area contributed by atoms with E-state index in [0.29, 0.717) is 19.4 Å². The highest BCUT2D eigenvalue weighted by molar-refractivity contribution is 14.1. The van der Waals surface area contributed by atoms with E-state index in [4.69, 9.17) is 0 Å². The van der Waals surface area contributed by atoms with Gasteiger partial charge in [-0.1, -0.05) is 6.07 Å². The van der Waals surface area contributed by atoms with Gasteiger partial charge in [0.25, 0.3) is 11.8 Å². The zero-order valence-corrected chi connectivity index (χ0v) is 21.0. The van der Waals surface area contributed by atoms with Gasteiger partial charge in [0, 0.05) is 17.8 Å². The Balaban J connectivity index is 1.71. The number of anilines is 1. The zero-order chi connectivity index (χ0) is 24.1. The first-order valence-electron chi connectivity index (χ1n) is 9.96. The summed E-state index contributed by atoms with van der Waals surface area (Å²) in [7, 11) is 0. The molecule has 1 saturated heterocycles. The first kappa shape index (κ1) is 24.0. The van der Waals surface area contributed by atoms with E-state index in [0.717, 1.165) is 11.1 Å². The van der Waals surface area contributed by atoms with Gasteiger partial charge in [-0.05, 0) is 82.6 Å². The first-order valence-corrected chi connectivity index (χ1v) is 11.8. The Morgan fingerprint density at radius 3 is 2.67 bits per heavy atom. The number of carbonyl (C=O) groups is 2. The lowest BCUT2D eigenvalue weighted by Gasteiger charge is -2.46. The number of nitrogens with zero attached hydrogens (tertiary/aromatic N) is 2. The molecule has 0 spiro atoms. The van der Waals surface area contributed by atoms with Gasteiger partial charge in [0.05, 0.1) is 20.1 Å². The number of amides is 2. The molecule has 0 bridgehead atoms. The topological polar surface area (TPSA) is 72.9 Å². The number of hydrazine groups is 1. The second-order valence-electron chi connectivity index (χ2n) is 8.00. The van der Waals surface area contributed by atoms with Crippen molar-refractivity contribution in [3.63, 3.8) is 0 Å². The van der Waals surface area contributed by atoms with Gasteiger partial charge in [-0.25, -0.2) is 18.2 Å². The quantitative estimate of drug-likeness (QED) is 0.281. The number of hydrogen-bond donors (Lipinski definition) is 2. The molecule has 1 fully saturated rings. The van der Waals surface area contributed by atoms with Gasteiger partial charge >= 0.3 is 0 Å². The van der Waals surface area contributed by atoms with Crippen molar-refractivity contribution < 1.29 is 27.9 Å². The summed E-state index contributed by atoms with van der Waals surface area (Å²) in [5.74, 6) is -4.91. The van der Waals surface area contributed by atoms with Gasteiger partial charge < -0.3 is 10.4 Å². The fourth-order valence-electron chi connectivity index (χ4n) is 4.16. The van der Waals surface area contributed by atoms with Crippen LogP contribution in [0.25, 0.3) is 0 Å². The minimum atomic E-state index is -1.08. The highest BCUT2D eigenvalue weighted by atomic mass is 127. The molecule has 2 heterocycles. The Kier molecular flexibility index (Phi) is 6.49. The molecule has 4 rings (SSSR count). The molecule has 174 valence electrons. The van der Waals surface area contributed by atoms with Crippen molar-refractivity contribution in [3.05, 3.63) is 72.7 Å². The van der Waals surface area contributed by atoms with Crippen LogP contribution < -0.4 is 5.32 Å². The Hall–Kier alpha value is -2.12. The summed E-state index contributed by atoms with van der Waals surface area (Å²) < 4.78 is 42.8. The molecule has 2 N–H and O–H groups in total. The molecule has 2 aromatic carbocycles. The highest BCUT2D eigenvalue weighted by Gasteiger charge is 2.52. The number of rotatable bonds is 4. The summed E-state index contributed by atoms with van der Waals surface area (Å²) in [6, 6.07) is 6.67. The molecule has 1 unspecified atom stereocenters. The Labute approximate surface area is 209 Å². The van der Waals surface area contributed by atoms with Crippen molar-refractivity contribution in [2.75, 3.05) is 11.9 Å². The molecule has 1 atom stereocenters. The van der Waals surface area contributed by atoms with Crippen LogP contribution in [0, 0.1) is 21.0 Å². The van der Waals surface area contributed by atoms with E-state index in [-0.39, 0.29) is 25.8 Å². The van der Waals surface area contributed by atoms with Crippen LogP contribution in [0.15, 0.2) is 46.1 Å². The third-order valence-corrected chi connectivity index (χ3v) is 7.41. The number of aliphatic hydroxyl groups excluding tert-OH is 1. The predicted octanol–water partition coefficient (Wildman–Crippen LogP) is 5.03. The van der Waals surface area contributed by atoms with Crippen LogP contribution in [0.1, 0.15) is 25.3 Å². The molecule has 0 saturated carbocycles. The molecule has 0 radical (unpaired) electrons. The minimum absolute atomic E-state index is 0.0633. The Bertz CT molecular complexity index is 1210. The van der Waals surface area contributed by atoms with E-state index < -0.39 is 46.1 Å². The van der Waals surface area contributed by atoms with E-state index in [2.05, 4.69) is 21.2 Å². The molecule has 0 aliphatic carbocycles. The summed E-state index contributed by atoms with van der Waals surface area (Å²) >= 11 is 4.69. The Morgan fingerprint density at radius 2 is 1.97 bits per heavy atom. The van der Waals surface area contributed by atoms with Crippen molar-refractivity contribution in [2.24, 2.45) is 0 Å². The predicted molar refractivity (Wildman–Crippen MR) is 126 cm³/mol. The highest BCUT2D eigenvalue weighted by Crippen LogP contribution is 2.42. The van der Waals surface area contributed by atoms with Crippen LogP contribution in [0.2, 0.25) is 0 Å². The van der Waals surface area contributed by atoms with Crippen LogP contribution in [0.3, 0.4) is 0 Å². The van der Waals surface area contributed by atoms with Crippen LogP contribution in [-0.4, -0.2) is 39.0 Å². The number of fused-ring (bicyclic) bond motifs is 1. The van der Waals surface area contributed by atoms with Gasteiger partial charge in [-0.15, -0.1) is 0 Å². The smallest absolute Gasteiger partial charge is 0.277 e. The van der Waals surface area contributed by atoms with Crippen molar-refractivity contribution in [1.29, 1.82) is 0 Å². The maximum absolute atomic E-state index is 14.6. The van der Waals surface area contributed by atoms with Crippen LogP contribution >= 0.6 is 38.5 Å². The summed E-state index contributed by atoms with van der Waals surface area (Å²) in [6.07, 6.45) is 1.05. The van der Waals surface area contributed by atoms with Crippen LogP contribution in [0.4, 0.5) is 18.9 Å². The summed E-state index contributed by atoms with van der Waals surface area (Å²) in [6.45, 7) is 1.73. The standard InChI is InChI=1S/C22H18BrF3IN3O3/c1-22-7-2-8-30(22)29(10-11-3-6-15(27)18(26)17(11)25)21(33)16(19(22)31)20(32)28-12-4-5-13(23)14(24)9-12/h3-6,9,31H,2,7-8,10H2,1H3,(H,28,32). The van der Waals surface area contributed by atoms with E-state index in [1.54, 1.807) is 34.5 Å². The maximum atomic E-state index is 14.6. The Morgan fingerprint density at radius 1 is 1.24 bits per heavy atom.